The molecule has 0 bridgehead atoms. The molecule has 0 amide bonds. The maximum Gasteiger partial charge on any atom is 0.140 e. The van der Waals surface area contributed by atoms with Gasteiger partial charge in [0.25, 0.3) is 0 Å². The van der Waals surface area contributed by atoms with Gasteiger partial charge in [-0.3, -0.25) is 0 Å². The smallest absolute Gasteiger partial charge is 0.140 e. The number of aromatic nitrogens is 1. The third-order valence-corrected chi connectivity index (χ3v) is 2.72. The molecule has 0 fully saturated rings. The van der Waals surface area contributed by atoms with Crippen molar-refractivity contribution in [2.45, 2.75) is 32.7 Å². The summed E-state index contributed by atoms with van der Waals surface area (Å²) in [5, 5.41) is 3.97. The summed E-state index contributed by atoms with van der Waals surface area (Å²) in [5.41, 5.74) is 0. The van der Waals surface area contributed by atoms with E-state index in [1.807, 2.05) is 6.07 Å². The van der Waals surface area contributed by atoms with Crippen LogP contribution in [0.5, 0.6) is 0 Å². The van der Waals surface area contributed by atoms with Gasteiger partial charge in [0.05, 0.1) is 9.50 Å². The molecule has 78 valence electrons. The second-order valence-corrected chi connectivity index (χ2v) is 4.61. The lowest BCUT2D eigenvalue weighted by Gasteiger charge is -2.14. The number of nitrogens with zero attached hydrogens (tertiary/aromatic N) is 1. The van der Waals surface area contributed by atoms with Crippen LogP contribution in [-0.2, 0) is 0 Å². The van der Waals surface area contributed by atoms with Crippen molar-refractivity contribution >= 4 is 33.3 Å². The Morgan fingerprint density at radius 2 is 2.36 bits per heavy atom. The first-order valence-electron chi connectivity index (χ1n) is 4.71. The average molecular weight is 278 g/mol. The van der Waals surface area contributed by atoms with Crippen molar-refractivity contribution in [2.75, 3.05) is 5.32 Å². The molecule has 4 heteroatoms. The van der Waals surface area contributed by atoms with Crippen molar-refractivity contribution in [3.63, 3.8) is 0 Å². The van der Waals surface area contributed by atoms with Gasteiger partial charge in [0, 0.05) is 12.2 Å². The van der Waals surface area contributed by atoms with Gasteiger partial charge in [0.2, 0.25) is 0 Å². The Bertz CT molecular complexity index is 304. The summed E-state index contributed by atoms with van der Waals surface area (Å²) in [6.45, 7) is 4.31. The topological polar surface area (TPSA) is 24.9 Å². The van der Waals surface area contributed by atoms with Crippen molar-refractivity contribution in [1.29, 1.82) is 0 Å². The van der Waals surface area contributed by atoms with Gasteiger partial charge in [-0.1, -0.05) is 24.9 Å². The molecule has 0 aliphatic carbocycles. The molecule has 0 radical (unpaired) electrons. The highest BCUT2D eigenvalue weighted by molar-refractivity contribution is 9.10. The normalized spacial score (nSPS) is 12.6. The Balaban J connectivity index is 2.67. The monoisotopic (exact) mass is 276 g/mol. The first kappa shape index (κ1) is 11.8. The molecule has 1 rings (SSSR count). The third kappa shape index (κ3) is 3.46. The van der Waals surface area contributed by atoms with Crippen molar-refractivity contribution in [2.24, 2.45) is 0 Å². The Labute approximate surface area is 98.2 Å². The fraction of sp³-hybridized carbons (Fsp3) is 0.500. The molecule has 1 heterocycles. The minimum atomic E-state index is 0.435. The molecule has 0 aliphatic heterocycles. The molecule has 0 aliphatic rings. The van der Waals surface area contributed by atoms with E-state index in [0.717, 1.165) is 16.7 Å². The SMILES string of the molecule is CCCC(C)Nc1ncc(Cl)cc1Br. The van der Waals surface area contributed by atoms with E-state index in [2.05, 4.69) is 40.1 Å². The quantitative estimate of drug-likeness (QED) is 0.896. The highest BCUT2D eigenvalue weighted by Crippen LogP contribution is 2.23. The number of halogens is 2. The van der Waals surface area contributed by atoms with Crippen LogP contribution in [0.15, 0.2) is 16.7 Å². The number of nitrogens with one attached hydrogen (secondary N) is 1. The van der Waals surface area contributed by atoms with Crippen LogP contribution in [0.4, 0.5) is 5.82 Å². The first-order valence-corrected chi connectivity index (χ1v) is 5.88. The summed E-state index contributed by atoms with van der Waals surface area (Å²) >= 11 is 9.21. The third-order valence-electron chi connectivity index (χ3n) is 1.91. The Morgan fingerprint density at radius 1 is 1.64 bits per heavy atom. The molecule has 2 nitrogen and oxygen atoms in total. The van der Waals surface area contributed by atoms with Gasteiger partial charge in [0.1, 0.15) is 5.82 Å². The molecule has 1 aromatic heterocycles. The molecule has 0 saturated carbocycles. The highest BCUT2D eigenvalue weighted by atomic mass is 79.9. The minimum absolute atomic E-state index is 0.435. The zero-order valence-electron chi connectivity index (χ0n) is 8.35. The number of hydrogen-bond acceptors (Lipinski definition) is 2. The molecule has 1 atom stereocenters. The lowest BCUT2D eigenvalue weighted by atomic mass is 10.2. The summed E-state index contributed by atoms with van der Waals surface area (Å²) < 4.78 is 0.910. The summed E-state index contributed by atoms with van der Waals surface area (Å²) in [6.07, 6.45) is 3.95. The summed E-state index contributed by atoms with van der Waals surface area (Å²) in [5.74, 6) is 0.857. The maximum absolute atomic E-state index is 5.79. The fourth-order valence-corrected chi connectivity index (χ4v) is 2.01. The van der Waals surface area contributed by atoms with Gasteiger partial charge in [-0.15, -0.1) is 0 Å². The van der Waals surface area contributed by atoms with Crippen LogP contribution in [0, 0.1) is 0 Å². The van der Waals surface area contributed by atoms with Gasteiger partial charge in [-0.25, -0.2) is 4.98 Å². The van der Waals surface area contributed by atoms with E-state index in [1.165, 1.54) is 6.42 Å². The van der Waals surface area contributed by atoms with Crippen molar-refractivity contribution < 1.29 is 0 Å². The van der Waals surface area contributed by atoms with Gasteiger partial charge in [-0.05, 0) is 35.3 Å². The van der Waals surface area contributed by atoms with Crippen molar-refractivity contribution in [3.05, 3.63) is 21.8 Å². The molecule has 0 saturated heterocycles. The zero-order valence-corrected chi connectivity index (χ0v) is 10.7. The average Bonchev–Trinajstić information content (AvgIpc) is 2.10. The molecule has 1 N–H and O–H groups in total. The van der Waals surface area contributed by atoms with Gasteiger partial charge >= 0.3 is 0 Å². The predicted octanol–water partition coefficient (Wildman–Crippen LogP) is 4.10. The number of hydrogen-bond donors (Lipinski definition) is 1. The van der Waals surface area contributed by atoms with Crippen molar-refractivity contribution in [1.82, 2.24) is 4.98 Å². The first-order chi connectivity index (χ1) is 6.63. The fourth-order valence-electron chi connectivity index (χ4n) is 1.26. The van der Waals surface area contributed by atoms with Crippen LogP contribution in [0.3, 0.4) is 0 Å². The minimum Gasteiger partial charge on any atom is -0.367 e. The van der Waals surface area contributed by atoms with E-state index >= 15 is 0 Å². The van der Waals surface area contributed by atoms with Crippen LogP contribution < -0.4 is 5.32 Å². The Morgan fingerprint density at radius 3 is 2.93 bits per heavy atom. The maximum atomic E-state index is 5.79. The molecular formula is C10H14BrClN2. The van der Waals surface area contributed by atoms with E-state index in [-0.39, 0.29) is 0 Å². The number of rotatable bonds is 4. The number of anilines is 1. The number of pyridine rings is 1. The molecule has 14 heavy (non-hydrogen) atoms. The summed E-state index contributed by atoms with van der Waals surface area (Å²) in [6, 6.07) is 2.28. The van der Waals surface area contributed by atoms with Gasteiger partial charge in [-0.2, -0.15) is 0 Å². The van der Waals surface area contributed by atoms with Crippen LogP contribution >= 0.6 is 27.5 Å². The molecule has 0 aromatic carbocycles. The Kier molecular flexibility index (Phi) is 4.69. The van der Waals surface area contributed by atoms with E-state index in [0.29, 0.717) is 11.1 Å². The molecule has 1 unspecified atom stereocenters. The molecule has 1 aromatic rings. The highest BCUT2D eigenvalue weighted by Gasteiger charge is 2.05. The predicted molar refractivity (Wildman–Crippen MR) is 64.9 cm³/mol. The van der Waals surface area contributed by atoms with Crippen LogP contribution in [-0.4, -0.2) is 11.0 Å². The molecule has 0 spiro atoms. The standard InChI is InChI=1S/C10H14BrClN2/c1-3-4-7(2)14-10-9(11)5-8(12)6-13-10/h5-7H,3-4H2,1-2H3,(H,13,14). The molecular weight excluding hydrogens is 263 g/mol. The Hall–Kier alpha value is -0.280. The largest absolute Gasteiger partial charge is 0.367 e. The van der Waals surface area contributed by atoms with Gasteiger partial charge < -0.3 is 5.32 Å². The van der Waals surface area contributed by atoms with Crippen LogP contribution in [0.1, 0.15) is 26.7 Å². The second-order valence-electron chi connectivity index (χ2n) is 3.32. The van der Waals surface area contributed by atoms with E-state index in [4.69, 9.17) is 11.6 Å². The lowest BCUT2D eigenvalue weighted by Crippen LogP contribution is -2.15. The van der Waals surface area contributed by atoms with E-state index in [1.54, 1.807) is 6.20 Å². The van der Waals surface area contributed by atoms with Crippen LogP contribution in [0.2, 0.25) is 5.02 Å². The van der Waals surface area contributed by atoms with Crippen molar-refractivity contribution in [3.8, 4) is 0 Å². The van der Waals surface area contributed by atoms with Crippen LogP contribution in [0.25, 0.3) is 0 Å². The summed E-state index contributed by atoms with van der Waals surface area (Å²) in [7, 11) is 0. The second kappa shape index (κ2) is 5.56. The summed E-state index contributed by atoms with van der Waals surface area (Å²) in [4.78, 5) is 4.21. The van der Waals surface area contributed by atoms with E-state index in [9.17, 15) is 0 Å². The zero-order chi connectivity index (χ0) is 10.6. The van der Waals surface area contributed by atoms with Gasteiger partial charge in [0.15, 0.2) is 0 Å². The lowest BCUT2D eigenvalue weighted by molar-refractivity contribution is 0.687. The van der Waals surface area contributed by atoms with E-state index < -0.39 is 0 Å².